The number of hydrogen-bond acceptors (Lipinski definition) is 6. The molecule has 5 rings (SSSR count). The molecule has 3 heterocycles. The van der Waals surface area contributed by atoms with Crippen molar-refractivity contribution in [3.05, 3.63) is 107 Å². The number of rotatable bonds is 9. The lowest BCUT2D eigenvalue weighted by Gasteiger charge is -2.28. The molecule has 0 saturated carbocycles. The van der Waals surface area contributed by atoms with Crippen LogP contribution in [0.2, 0.25) is 0 Å². The van der Waals surface area contributed by atoms with Crippen LogP contribution in [0.5, 0.6) is 5.75 Å². The van der Waals surface area contributed by atoms with Gasteiger partial charge in [-0.3, -0.25) is 9.78 Å². The SMILES string of the molecule is COC(=O)c1cccc(-n2c(C)cc(C3C(c4ccccn4)NC(=S)N3CCC(=O)Nc3ccccc3OC)c2C)c1. The van der Waals surface area contributed by atoms with Gasteiger partial charge in [0, 0.05) is 36.2 Å². The molecule has 1 aliphatic rings. The Morgan fingerprint density at radius 2 is 1.81 bits per heavy atom. The van der Waals surface area contributed by atoms with Gasteiger partial charge in [-0.15, -0.1) is 0 Å². The second-order valence-electron chi connectivity index (χ2n) is 10.0. The van der Waals surface area contributed by atoms with Crippen molar-refractivity contribution in [2.45, 2.75) is 32.4 Å². The fourth-order valence-corrected chi connectivity index (χ4v) is 5.87. The normalized spacial score (nSPS) is 16.2. The highest BCUT2D eigenvalue weighted by atomic mass is 32.1. The summed E-state index contributed by atoms with van der Waals surface area (Å²) in [4.78, 5) is 32.0. The molecule has 2 N–H and O–H groups in total. The van der Waals surface area contributed by atoms with Crippen molar-refractivity contribution in [3.8, 4) is 11.4 Å². The van der Waals surface area contributed by atoms with Gasteiger partial charge in [-0.1, -0.05) is 24.3 Å². The van der Waals surface area contributed by atoms with Gasteiger partial charge in [0.05, 0.1) is 43.2 Å². The summed E-state index contributed by atoms with van der Waals surface area (Å²) in [6.45, 7) is 4.47. The van der Waals surface area contributed by atoms with E-state index in [1.165, 1.54) is 7.11 Å². The Labute approximate surface area is 250 Å². The van der Waals surface area contributed by atoms with Gasteiger partial charge in [-0.25, -0.2) is 4.79 Å². The van der Waals surface area contributed by atoms with Crippen molar-refractivity contribution in [2.24, 2.45) is 0 Å². The van der Waals surface area contributed by atoms with Gasteiger partial charge in [0.2, 0.25) is 5.91 Å². The first-order chi connectivity index (χ1) is 20.3. The molecule has 2 unspecified atom stereocenters. The lowest BCUT2D eigenvalue weighted by Crippen LogP contribution is -2.33. The Hall–Kier alpha value is -4.70. The summed E-state index contributed by atoms with van der Waals surface area (Å²) in [5.74, 6) is 0.0612. The van der Waals surface area contributed by atoms with Crippen molar-refractivity contribution >= 4 is 34.9 Å². The van der Waals surface area contributed by atoms with E-state index in [4.69, 9.17) is 21.7 Å². The number of nitrogens with zero attached hydrogens (tertiary/aromatic N) is 3. The zero-order chi connectivity index (χ0) is 29.8. The zero-order valence-electron chi connectivity index (χ0n) is 24.0. The van der Waals surface area contributed by atoms with Crippen LogP contribution in [0.25, 0.3) is 5.69 Å². The van der Waals surface area contributed by atoms with E-state index in [1.54, 1.807) is 25.4 Å². The highest BCUT2D eigenvalue weighted by Gasteiger charge is 2.41. The minimum absolute atomic E-state index is 0.146. The van der Waals surface area contributed by atoms with Crippen LogP contribution >= 0.6 is 12.2 Å². The van der Waals surface area contributed by atoms with Crippen molar-refractivity contribution in [1.82, 2.24) is 19.8 Å². The summed E-state index contributed by atoms with van der Waals surface area (Å²) in [5, 5.41) is 6.97. The predicted molar refractivity (Wildman–Crippen MR) is 165 cm³/mol. The summed E-state index contributed by atoms with van der Waals surface area (Å²) in [7, 11) is 2.95. The fraction of sp³-hybridized carbons (Fsp3) is 0.250. The maximum Gasteiger partial charge on any atom is 0.337 e. The zero-order valence-corrected chi connectivity index (χ0v) is 24.8. The molecule has 9 nitrogen and oxygen atoms in total. The first kappa shape index (κ1) is 28.8. The molecule has 0 bridgehead atoms. The van der Waals surface area contributed by atoms with Crippen molar-refractivity contribution in [2.75, 3.05) is 26.1 Å². The Morgan fingerprint density at radius 1 is 1.02 bits per heavy atom. The summed E-state index contributed by atoms with van der Waals surface area (Å²) in [6.07, 6.45) is 1.98. The van der Waals surface area contributed by atoms with Crippen LogP contribution in [0.3, 0.4) is 0 Å². The second-order valence-corrected chi connectivity index (χ2v) is 10.4. The lowest BCUT2D eigenvalue weighted by atomic mass is 9.96. The van der Waals surface area contributed by atoms with E-state index in [2.05, 4.69) is 38.1 Å². The highest BCUT2D eigenvalue weighted by Crippen LogP contribution is 2.41. The standard InChI is InChI=1S/C32H33N5O4S/c1-20-18-24(21(2)37(20)23-11-9-10-22(19-23)31(39)41-4)30-29(26-13-7-8-16-33-26)35-32(42)36(30)17-15-28(38)34-25-12-5-6-14-27(25)40-3/h5-14,16,18-19,29-30H,15,17H2,1-4H3,(H,34,38)(H,35,42). The molecule has 1 aliphatic heterocycles. The number of anilines is 1. The molecule has 1 saturated heterocycles. The van der Waals surface area contributed by atoms with Crippen LogP contribution in [0.15, 0.2) is 79.0 Å². The molecule has 1 amide bonds. The number of esters is 1. The van der Waals surface area contributed by atoms with Gasteiger partial charge in [-0.05, 0) is 80.2 Å². The number of hydrogen-bond donors (Lipinski definition) is 2. The van der Waals surface area contributed by atoms with Crippen LogP contribution < -0.4 is 15.4 Å². The quantitative estimate of drug-likeness (QED) is 0.203. The van der Waals surface area contributed by atoms with E-state index < -0.39 is 5.97 Å². The van der Waals surface area contributed by atoms with E-state index in [0.717, 1.165) is 28.3 Å². The number of aromatic nitrogens is 2. The third kappa shape index (κ3) is 5.71. The maximum absolute atomic E-state index is 13.0. The third-order valence-electron chi connectivity index (χ3n) is 7.47. The molecule has 42 heavy (non-hydrogen) atoms. The van der Waals surface area contributed by atoms with Gasteiger partial charge in [-0.2, -0.15) is 0 Å². The smallest absolute Gasteiger partial charge is 0.337 e. The number of carbonyl (C=O) groups excluding carboxylic acids is 2. The largest absolute Gasteiger partial charge is 0.495 e. The number of amides is 1. The molecule has 216 valence electrons. The molecule has 4 aromatic rings. The molecule has 0 aliphatic carbocycles. The minimum atomic E-state index is -0.391. The van der Waals surface area contributed by atoms with Crippen molar-refractivity contribution in [3.63, 3.8) is 0 Å². The van der Waals surface area contributed by atoms with Gasteiger partial charge in [0.15, 0.2) is 5.11 Å². The van der Waals surface area contributed by atoms with Crippen LogP contribution in [0, 0.1) is 13.8 Å². The first-order valence-electron chi connectivity index (χ1n) is 13.6. The van der Waals surface area contributed by atoms with E-state index >= 15 is 0 Å². The van der Waals surface area contributed by atoms with Gasteiger partial charge in [0.25, 0.3) is 0 Å². The van der Waals surface area contributed by atoms with Crippen LogP contribution in [-0.4, -0.2) is 52.2 Å². The lowest BCUT2D eigenvalue weighted by molar-refractivity contribution is -0.116. The van der Waals surface area contributed by atoms with Gasteiger partial charge < -0.3 is 29.6 Å². The summed E-state index contributed by atoms with van der Waals surface area (Å²) in [5.41, 5.74) is 5.83. The number of methoxy groups -OCH3 is 2. The molecule has 0 radical (unpaired) electrons. The molecular formula is C32H33N5O4S. The molecule has 2 aromatic heterocycles. The Balaban J connectivity index is 1.48. The number of nitrogens with one attached hydrogen (secondary N) is 2. The van der Waals surface area contributed by atoms with Gasteiger partial charge in [0.1, 0.15) is 5.75 Å². The molecular weight excluding hydrogens is 550 g/mol. The number of para-hydroxylation sites is 2. The number of ether oxygens (including phenoxy) is 2. The van der Waals surface area contributed by atoms with Crippen LogP contribution in [0.4, 0.5) is 5.69 Å². The van der Waals surface area contributed by atoms with Crippen LogP contribution in [0.1, 0.15) is 51.5 Å². The van der Waals surface area contributed by atoms with Gasteiger partial charge >= 0.3 is 5.97 Å². The number of thiocarbonyl (C=S) groups is 1. The summed E-state index contributed by atoms with van der Waals surface area (Å²) < 4.78 is 12.4. The average Bonchev–Trinajstić information content (AvgIpc) is 3.50. The van der Waals surface area contributed by atoms with Crippen molar-refractivity contribution < 1.29 is 19.1 Å². The maximum atomic E-state index is 13.0. The summed E-state index contributed by atoms with van der Waals surface area (Å²) in [6, 6.07) is 22.2. The average molecular weight is 584 g/mol. The third-order valence-corrected chi connectivity index (χ3v) is 7.83. The Morgan fingerprint density at radius 3 is 2.55 bits per heavy atom. The monoisotopic (exact) mass is 583 g/mol. The molecule has 10 heteroatoms. The Bertz CT molecular complexity index is 1620. The number of aryl methyl sites for hydroxylation is 1. The predicted octanol–water partition coefficient (Wildman–Crippen LogP) is 5.29. The topological polar surface area (TPSA) is 97.7 Å². The minimum Gasteiger partial charge on any atom is -0.495 e. The van der Waals surface area contributed by atoms with E-state index in [9.17, 15) is 9.59 Å². The second kappa shape index (κ2) is 12.4. The van der Waals surface area contributed by atoms with E-state index in [0.29, 0.717) is 28.7 Å². The highest BCUT2D eigenvalue weighted by molar-refractivity contribution is 7.80. The summed E-state index contributed by atoms with van der Waals surface area (Å²) >= 11 is 5.83. The number of benzene rings is 2. The number of pyridine rings is 1. The van der Waals surface area contributed by atoms with Crippen molar-refractivity contribution in [1.29, 1.82) is 0 Å². The molecule has 2 atom stereocenters. The van der Waals surface area contributed by atoms with Crippen LogP contribution in [-0.2, 0) is 9.53 Å². The Kier molecular flexibility index (Phi) is 8.53. The molecule has 1 fully saturated rings. The fourth-order valence-electron chi connectivity index (χ4n) is 5.54. The number of carbonyl (C=O) groups is 2. The van der Waals surface area contributed by atoms with E-state index in [1.807, 2.05) is 61.5 Å². The first-order valence-corrected chi connectivity index (χ1v) is 14.0. The molecule has 0 spiro atoms. The molecule has 2 aromatic carbocycles. The van der Waals surface area contributed by atoms with E-state index in [-0.39, 0.29) is 24.4 Å².